The van der Waals surface area contributed by atoms with Crippen LogP contribution in [0.15, 0.2) is 18.2 Å². The number of anilines is 1. The average Bonchev–Trinajstić information content (AvgIpc) is 2.45. The molecule has 108 valence electrons. The van der Waals surface area contributed by atoms with Crippen LogP contribution in [-0.4, -0.2) is 25.2 Å². The van der Waals surface area contributed by atoms with Crippen LogP contribution in [0, 0.1) is 17.1 Å². The van der Waals surface area contributed by atoms with Crippen molar-refractivity contribution in [2.75, 3.05) is 18.0 Å². The van der Waals surface area contributed by atoms with E-state index in [1.165, 1.54) is 18.9 Å². The maximum absolute atomic E-state index is 13.8. The first-order valence-electron chi connectivity index (χ1n) is 7.32. The Morgan fingerprint density at radius 2 is 2.25 bits per heavy atom. The van der Waals surface area contributed by atoms with Gasteiger partial charge in [0.2, 0.25) is 0 Å². The van der Waals surface area contributed by atoms with E-state index in [9.17, 15) is 9.65 Å². The SMILES string of the molecule is CC(C)N(CC1CCCCN1)c1cccc(F)c1C#N. The fraction of sp³-hybridized carbons (Fsp3) is 0.562. The number of hydrogen-bond acceptors (Lipinski definition) is 3. The van der Waals surface area contributed by atoms with Crippen LogP contribution in [-0.2, 0) is 0 Å². The van der Waals surface area contributed by atoms with Gasteiger partial charge in [-0.25, -0.2) is 4.39 Å². The Morgan fingerprint density at radius 1 is 1.45 bits per heavy atom. The quantitative estimate of drug-likeness (QED) is 0.918. The Hall–Kier alpha value is -1.60. The van der Waals surface area contributed by atoms with E-state index >= 15 is 0 Å². The average molecular weight is 275 g/mol. The molecule has 1 N–H and O–H groups in total. The zero-order chi connectivity index (χ0) is 14.5. The van der Waals surface area contributed by atoms with Gasteiger partial charge >= 0.3 is 0 Å². The lowest BCUT2D eigenvalue weighted by atomic mass is 10.0. The van der Waals surface area contributed by atoms with E-state index in [1.807, 2.05) is 12.1 Å². The van der Waals surface area contributed by atoms with Gasteiger partial charge < -0.3 is 10.2 Å². The second-order valence-corrected chi connectivity index (χ2v) is 5.64. The number of hydrogen-bond donors (Lipinski definition) is 1. The molecule has 1 fully saturated rings. The molecule has 0 spiro atoms. The normalized spacial score (nSPS) is 18.9. The lowest BCUT2D eigenvalue weighted by Crippen LogP contribution is -2.46. The first-order valence-corrected chi connectivity index (χ1v) is 7.32. The van der Waals surface area contributed by atoms with E-state index in [-0.39, 0.29) is 11.6 Å². The molecular formula is C16H22FN3. The van der Waals surface area contributed by atoms with Gasteiger partial charge in [-0.2, -0.15) is 5.26 Å². The lowest BCUT2D eigenvalue weighted by molar-refractivity contribution is 0.393. The summed E-state index contributed by atoms with van der Waals surface area (Å²) in [5.41, 5.74) is 0.854. The molecule has 1 atom stereocenters. The van der Waals surface area contributed by atoms with E-state index in [1.54, 1.807) is 6.07 Å². The summed E-state index contributed by atoms with van der Waals surface area (Å²) >= 11 is 0. The van der Waals surface area contributed by atoms with Gasteiger partial charge in [0, 0.05) is 18.6 Å². The molecule has 1 aromatic carbocycles. The second kappa shape index (κ2) is 6.71. The zero-order valence-corrected chi connectivity index (χ0v) is 12.2. The van der Waals surface area contributed by atoms with Crippen LogP contribution in [0.4, 0.5) is 10.1 Å². The van der Waals surface area contributed by atoms with Gasteiger partial charge in [-0.15, -0.1) is 0 Å². The molecule has 20 heavy (non-hydrogen) atoms. The minimum absolute atomic E-state index is 0.150. The molecular weight excluding hydrogens is 253 g/mol. The highest BCUT2D eigenvalue weighted by atomic mass is 19.1. The van der Waals surface area contributed by atoms with Crippen LogP contribution in [0.25, 0.3) is 0 Å². The number of benzene rings is 1. The Kier molecular flexibility index (Phi) is 4.97. The van der Waals surface area contributed by atoms with Crippen molar-refractivity contribution in [2.45, 2.75) is 45.2 Å². The third-order valence-corrected chi connectivity index (χ3v) is 3.87. The highest BCUT2D eigenvalue weighted by Gasteiger charge is 2.22. The van der Waals surface area contributed by atoms with Gasteiger partial charge in [0.1, 0.15) is 17.4 Å². The number of piperidine rings is 1. The Labute approximate surface area is 120 Å². The molecule has 1 heterocycles. The van der Waals surface area contributed by atoms with E-state index < -0.39 is 5.82 Å². The topological polar surface area (TPSA) is 39.1 Å². The number of nitriles is 1. The molecule has 1 saturated heterocycles. The van der Waals surface area contributed by atoms with Gasteiger partial charge in [0.05, 0.1) is 5.69 Å². The minimum atomic E-state index is -0.438. The van der Waals surface area contributed by atoms with Crippen LogP contribution >= 0.6 is 0 Å². The Morgan fingerprint density at radius 3 is 2.85 bits per heavy atom. The maximum Gasteiger partial charge on any atom is 0.143 e. The number of rotatable bonds is 4. The van der Waals surface area contributed by atoms with Crippen LogP contribution < -0.4 is 10.2 Å². The molecule has 2 rings (SSSR count). The smallest absolute Gasteiger partial charge is 0.143 e. The summed E-state index contributed by atoms with van der Waals surface area (Å²) in [6.45, 7) is 6.02. The Bertz CT molecular complexity index is 487. The van der Waals surface area contributed by atoms with Gasteiger partial charge in [0.25, 0.3) is 0 Å². The van der Waals surface area contributed by atoms with Gasteiger partial charge in [0.15, 0.2) is 0 Å². The zero-order valence-electron chi connectivity index (χ0n) is 12.2. The van der Waals surface area contributed by atoms with E-state index in [0.717, 1.165) is 19.5 Å². The largest absolute Gasteiger partial charge is 0.366 e. The van der Waals surface area contributed by atoms with Crippen LogP contribution in [0.1, 0.15) is 38.7 Å². The van der Waals surface area contributed by atoms with Crippen molar-refractivity contribution in [3.63, 3.8) is 0 Å². The molecule has 0 aromatic heterocycles. The molecule has 0 amide bonds. The Balaban J connectivity index is 2.24. The monoisotopic (exact) mass is 275 g/mol. The summed E-state index contributed by atoms with van der Waals surface area (Å²) in [4.78, 5) is 2.13. The summed E-state index contributed by atoms with van der Waals surface area (Å²) in [5.74, 6) is -0.438. The molecule has 1 aromatic rings. The predicted octanol–water partition coefficient (Wildman–Crippen LogP) is 3.05. The van der Waals surface area contributed by atoms with Crippen molar-refractivity contribution in [3.05, 3.63) is 29.6 Å². The molecule has 1 unspecified atom stereocenters. The fourth-order valence-corrected chi connectivity index (χ4v) is 2.77. The predicted molar refractivity (Wildman–Crippen MR) is 79.2 cm³/mol. The highest BCUT2D eigenvalue weighted by Crippen LogP contribution is 2.25. The molecule has 0 saturated carbocycles. The van der Waals surface area contributed by atoms with Crippen molar-refractivity contribution < 1.29 is 4.39 Å². The van der Waals surface area contributed by atoms with Gasteiger partial charge in [-0.3, -0.25) is 0 Å². The molecule has 1 aliphatic rings. The number of nitrogens with one attached hydrogen (secondary N) is 1. The van der Waals surface area contributed by atoms with Crippen molar-refractivity contribution in [1.29, 1.82) is 5.26 Å². The molecule has 4 heteroatoms. The van der Waals surface area contributed by atoms with Crippen molar-refractivity contribution in [3.8, 4) is 6.07 Å². The third kappa shape index (κ3) is 3.29. The van der Waals surface area contributed by atoms with Gasteiger partial charge in [-0.1, -0.05) is 12.5 Å². The summed E-state index contributed by atoms with van der Waals surface area (Å²) < 4.78 is 13.8. The fourth-order valence-electron chi connectivity index (χ4n) is 2.77. The summed E-state index contributed by atoms with van der Waals surface area (Å²) in [5, 5.41) is 12.7. The van der Waals surface area contributed by atoms with Crippen molar-refractivity contribution >= 4 is 5.69 Å². The molecule has 3 nitrogen and oxygen atoms in total. The van der Waals surface area contributed by atoms with Crippen LogP contribution in [0.3, 0.4) is 0 Å². The summed E-state index contributed by atoms with van der Waals surface area (Å²) in [7, 11) is 0. The molecule has 1 aliphatic heterocycles. The van der Waals surface area contributed by atoms with Crippen molar-refractivity contribution in [1.82, 2.24) is 5.32 Å². The molecule has 0 bridgehead atoms. The molecule has 0 radical (unpaired) electrons. The lowest BCUT2D eigenvalue weighted by Gasteiger charge is -2.35. The van der Waals surface area contributed by atoms with E-state index in [0.29, 0.717) is 11.7 Å². The highest BCUT2D eigenvalue weighted by molar-refractivity contribution is 5.60. The first kappa shape index (κ1) is 14.8. The number of nitrogens with zero attached hydrogens (tertiary/aromatic N) is 2. The molecule has 0 aliphatic carbocycles. The second-order valence-electron chi connectivity index (χ2n) is 5.64. The first-order chi connectivity index (χ1) is 9.63. The standard InChI is InChI=1S/C16H22FN3/c1-12(2)20(11-13-6-3-4-9-19-13)16-8-5-7-15(17)14(16)10-18/h5,7-8,12-13,19H,3-4,6,9,11H2,1-2H3. The van der Waals surface area contributed by atoms with E-state index in [4.69, 9.17) is 0 Å². The van der Waals surface area contributed by atoms with Crippen LogP contribution in [0.2, 0.25) is 0 Å². The van der Waals surface area contributed by atoms with Crippen molar-refractivity contribution in [2.24, 2.45) is 0 Å². The third-order valence-electron chi connectivity index (χ3n) is 3.87. The van der Waals surface area contributed by atoms with E-state index in [2.05, 4.69) is 24.1 Å². The number of halogens is 1. The summed E-state index contributed by atoms with van der Waals surface area (Å²) in [6.07, 6.45) is 3.60. The van der Waals surface area contributed by atoms with Gasteiger partial charge in [-0.05, 0) is 45.4 Å². The summed E-state index contributed by atoms with van der Waals surface area (Å²) in [6, 6.07) is 7.51. The minimum Gasteiger partial charge on any atom is -0.366 e. The maximum atomic E-state index is 13.8. The van der Waals surface area contributed by atoms with Crippen LogP contribution in [0.5, 0.6) is 0 Å².